The van der Waals surface area contributed by atoms with Gasteiger partial charge in [0, 0.05) is 12.8 Å². The van der Waals surface area contributed by atoms with Gasteiger partial charge in [0.2, 0.25) is 0 Å². The number of rotatable bonds is 42. The van der Waals surface area contributed by atoms with Crippen molar-refractivity contribution in [1.82, 2.24) is 0 Å². The Bertz CT molecular complexity index is 1710. The molecule has 1 aliphatic carbocycles. The van der Waals surface area contributed by atoms with Crippen LogP contribution in [-0.2, 0) is 46.5 Å². The molecule has 17 nitrogen and oxygen atoms in total. The minimum absolute atomic E-state index is 0.0436. The van der Waals surface area contributed by atoms with Crippen molar-refractivity contribution >= 4 is 27.6 Å². The molecule has 1 saturated carbocycles. The summed E-state index contributed by atoms with van der Waals surface area (Å²) in [5, 5.41) is 41.3. The van der Waals surface area contributed by atoms with E-state index < -0.39 is 83.5 Å². The smallest absolute Gasteiger partial charge is 0.462 e. The second kappa shape index (κ2) is 38.9. The van der Waals surface area contributed by atoms with E-state index in [0.717, 1.165) is 77.0 Å². The average molecular weight is 1050 g/mol. The van der Waals surface area contributed by atoms with Crippen LogP contribution in [0.1, 0.15) is 174 Å². The van der Waals surface area contributed by atoms with Crippen LogP contribution in [-0.4, -0.2) is 115 Å². The number of aliphatic hydroxyl groups excluding tert-OH is 4. The minimum atomic E-state index is -5.38. The maximum absolute atomic E-state index is 13.0. The second-order valence-electron chi connectivity index (χ2n) is 18.3. The molecule has 2 fully saturated rings. The van der Waals surface area contributed by atoms with E-state index in [2.05, 4.69) is 79.1 Å². The lowest BCUT2D eigenvalue weighted by molar-refractivity contribution is -0.216. The molecule has 1 heterocycles. The molecule has 71 heavy (non-hydrogen) atoms. The molecule has 2 aliphatic rings. The molecule has 2 rings (SSSR count). The SMILES string of the molecule is CCCCC/C=C\CC1OC1C/C=C\C/C=C\CCCC(=O)O[C@H](COC(=O)CCCCCCCC/C=C\C/C=C\C/C=C\CCCCCC)COP(=O)(O)O[C@H]1C(O)C(O)C(O)[C@@H](OP(=O)(O)O)C1O. The van der Waals surface area contributed by atoms with Gasteiger partial charge in [-0.05, 0) is 89.9 Å². The summed E-state index contributed by atoms with van der Waals surface area (Å²) in [5.74, 6) is -1.30. The molecule has 0 aromatic heterocycles. The first-order chi connectivity index (χ1) is 34.1. The molecule has 0 aromatic carbocycles. The van der Waals surface area contributed by atoms with Crippen molar-refractivity contribution in [3.8, 4) is 0 Å². The number of phosphoric acid groups is 2. The number of esters is 2. The molecule has 19 heteroatoms. The van der Waals surface area contributed by atoms with Gasteiger partial charge in [-0.15, -0.1) is 0 Å². The third-order valence-electron chi connectivity index (χ3n) is 11.9. The Hall–Kier alpha value is -2.60. The zero-order chi connectivity index (χ0) is 52.2. The molecule has 10 atom stereocenters. The van der Waals surface area contributed by atoms with E-state index >= 15 is 0 Å². The van der Waals surface area contributed by atoms with Crippen molar-refractivity contribution < 1.29 is 81.6 Å². The molecule has 0 spiro atoms. The quantitative estimate of drug-likeness (QED) is 0.00985. The predicted octanol–water partition coefficient (Wildman–Crippen LogP) is 9.78. The Morgan fingerprint density at radius 3 is 1.52 bits per heavy atom. The monoisotopic (exact) mass is 1050 g/mol. The van der Waals surface area contributed by atoms with Gasteiger partial charge in [-0.1, -0.05) is 145 Å². The summed E-state index contributed by atoms with van der Waals surface area (Å²) in [4.78, 5) is 54.5. The number of hydrogen-bond acceptors (Lipinski definition) is 14. The van der Waals surface area contributed by atoms with E-state index in [-0.39, 0.29) is 25.0 Å². The summed E-state index contributed by atoms with van der Waals surface area (Å²) in [6.45, 7) is 3.01. The van der Waals surface area contributed by atoms with Crippen LogP contribution in [0.3, 0.4) is 0 Å². The fourth-order valence-electron chi connectivity index (χ4n) is 7.71. The zero-order valence-corrected chi connectivity index (χ0v) is 44.1. The van der Waals surface area contributed by atoms with Gasteiger partial charge in [-0.2, -0.15) is 0 Å². The van der Waals surface area contributed by atoms with Crippen LogP contribution in [0.15, 0.2) is 72.9 Å². The molecule has 7 N–H and O–H groups in total. The van der Waals surface area contributed by atoms with Gasteiger partial charge in [0.1, 0.15) is 43.2 Å². The summed E-state index contributed by atoms with van der Waals surface area (Å²) < 4.78 is 55.2. The van der Waals surface area contributed by atoms with Crippen LogP contribution in [0, 0.1) is 0 Å². The Balaban J connectivity index is 1.78. The minimum Gasteiger partial charge on any atom is -0.462 e. The average Bonchev–Trinajstić information content (AvgIpc) is 4.09. The Morgan fingerprint density at radius 1 is 0.507 bits per heavy atom. The Morgan fingerprint density at radius 2 is 0.944 bits per heavy atom. The van der Waals surface area contributed by atoms with Gasteiger partial charge in [-0.3, -0.25) is 23.2 Å². The molecular formula is C52H88O17P2. The summed E-state index contributed by atoms with van der Waals surface area (Å²) in [6, 6.07) is 0. The first kappa shape index (κ1) is 64.5. The number of phosphoric ester groups is 2. The zero-order valence-electron chi connectivity index (χ0n) is 42.3. The molecular weight excluding hydrogens is 959 g/mol. The maximum Gasteiger partial charge on any atom is 0.472 e. The molecule has 1 aliphatic heterocycles. The van der Waals surface area contributed by atoms with Gasteiger partial charge in [0.05, 0.1) is 18.8 Å². The van der Waals surface area contributed by atoms with E-state index in [4.69, 9.17) is 23.3 Å². The van der Waals surface area contributed by atoms with Crippen molar-refractivity contribution in [1.29, 1.82) is 0 Å². The second-order valence-corrected chi connectivity index (χ2v) is 20.9. The van der Waals surface area contributed by atoms with Crippen molar-refractivity contribution in [2.24, 2.45) is 0 Å². The predicted molar refractivity (Wildman–Crippen MR) is 273 cm³/mol. The molecule has 0 radical (unpaired) electrons. The molecule has 0 aromatic rings. The highest BCUT2D eigenvalue weighted by atomic mass is 31.2. The van der Waals surface area contributed by atoms with E-state index in [0.29, 0.717) is 25.7 Å². The van der Waals surface area contributed by atoms with Crippen LogP contribution in [0.2, 0.25) is 0 Å². The van der Waals surface area contributed by atoms with Crippen LogP contribution in [0.25, 0.3) is 0 Å². The highest BCUT2D eigenvalue weighted by molar-refractivity contribution is 7.47. The van der Waals surface area contributed by atoms with Gasteiger partial charge in [0.15, 0.2) is 6.10 Å². The summed E-state index contributed by atoms with van der Waals surface area (Å²) >= 11 is 0. The lowest BCUT2D eigenvalue weighted by Gasteiger charge is -2.43. The number of ether oxygens (including phenoxy) is 3. The van der Waals surface area contributed by atoms with Crippen molar-refractivity contribution in [3.63, 3.8) is 0 Å². The van der Waals surface area contributed by atoms with Crippen molar-refractivity contribution in [2.75, 3.05) is 13.2 Å². The lowest BCUT2D eigenvalue weighted by atomic mass is 9.85. The molecule has 0 bridgehead atoms. The molecule has 1 saturated heterocycles. The normalized spacial score (nSPS) is 24.3. The Kier molecular flexibility index (Phi) is 35.3. The molecule has 408 valence electrons. The van der Waals surface area contributed by atoms with Gasteiger partial charge in [0.25, 0.3) is 0 Å². The number of carbonyl (C=O) groups is 2. The number of unbranched alkanes of at least 4 members (excludes halogenated alkanes) is 14. The van der Waals surface area contributed by atoms with Crippen molar-refractivity contribution in [2.45, 2.75) is 229 Å². The fourth-order valence-corrected chi connectivity index (χ4v) is 9.25. The third-order valence-corrected chi connectivity index (χ3v) is 13.4. The topological polar surface area (TPSA) is 269 Å². The van der Waals surface area contributed by atoms with Gasteiger partial charge < -0.3 is 49.3 Å². The highest BCUT2D eigenvalue weighted by Gasteiger charge is 2.54. The van der Waals surface area contributed by atoms with Crippen molar-refractivity contribution in [3.05, 3.63) is 72.9 Å². The first-order valence-corrected chi connectivity index (χ1v) is 29.1. The number of carbonyl (C=O) groups excluding carboxylic acids is 2. The van der Waals surface area contributed by atoms with Gasteiger partial charge in [-0.25, -0.2) is 9.13 Å². The van der Waals surface area contributed by atoms with Crippen LogP contribution >= 0.6 is 15.6 Å². The number of hydrogen-bond donors (Lipinski definition) is 7. The lowest BCUT2D eigenvalue weighted by Crippen LogP contribution is -2.64. The van der Waals surface area contributed by atoms with E-state index in [1.807, 2.05) is 12.2 Å². The van der Waals surface area contributed by atoms with Crippen LogP contribution in [0.4, 0.5) is 0 Å². The maximum atomic E-state index is 13.0. The Labute approximate surface area is 423 Å². The molecule has 0 amide bonds. The number of allylic oxidation sites excluding steroid dienone is 10. The van der Waals surface area contributed by atoms with E-state index in [1.165, 1.54) is 44.9 Å². The molecule has 7 unspecified atom stereocenters. The first-order valence-electron chi connectivity index (χ1n) is 26.1. The summed E-state index contributed by atoms with van der Waals surface area (Å²) in [5.41, 5.74) is 0. The summed E-state index contributed by atoms with van der Waals surface area (Å²) in [7, 11) is -10.7. The highest BCUT2D eigenvalue weighted by Crippen LogP contribution is 2.49. The summed E-state index contributed by atoms with van der Waals surface area (Å²) in [6.07, 6.45) is 34.5. The van der Waals surface area contributed by atoms with E-state index in [9.17, 15) is 53.8 Å². The number of aliphatic hydroxyl groups is 4. The van der Waals surface area contributed by atoms with Gasteiger partial charge >= 0.3 is 27.6 Å². The van der Waals surface area contributed by atoms with E-state index in [1.54, 1.807) is 0 Å². The van der Waals surface area contributed by atoms with Crippen LogP contribution in [0.5, 0.6) is 0 Å². The van der Waals surface area contributed by atoms with Crippen LogP contribution < -0.4 is 0 Å². The third kappa shape index (κ3) is 32.3. The standard InChI is InChI=1S/C52H88O17P2/c1-3-5-7-9-11-12-13-14-15-16-17-18-19-20-21-22-23-26-30-34-38-45(53)64-40-42(41-65-71(62,63)69-52-49(57)47(55)48(56)51(50(52)58)68-70(59,60)61)66-46(54)39-35-31-27-24-25-29-33-37-44-43(67-44)36-32-28-10-8-6-4-2/h12-13,15-16,18-19,24,27-29,32-33,42-44,47-52,55-58H,3-11,14,17,20-23,25-26,30-31,34-41H2,1-2H3,(H,62,63)(H2,59,60,61)/b13-12-,16-15-,19-18-,27-24-,32-28-,33-29-/t42-,43?,44?,47?,48?,49?,50?,51-,52+/m1/s1. The fraction of sp³-hybridized carbons (Fsp3) is 0.731. The largest absolute Gasteiger partial charge is 0.472 e. The number of epoxide rings is 1.